The summed E-state index contributed by atoms with van der Waals surface area (Å²) in [5.41, 5.74) is 5.44. The Morgan fingerprint density at radius 1 is 1.73 bits per heavy atom. The van der Waals surface area contributed by atoms with Crippen LogP contribution in [0.25, 0.3) is 0 Å². The van der Waals surface area contributed by atoms with Crippen LogP contribution in [-0.4, -0.2) is 11.1 Å². The Hall–Kier alpha value is -1.69. The van der Waals surface area contributed by atoms with Crippen molar-refractivity contribution in [3.63, 3.8) is 0 Å². The van der Waals surface area contributed by atoms with Crippen molar-refractivity contribution in [1.29, 1.82) is 0 Å². The van der Waals surface area contributed by atoms with E-state index in [1.807, 2.05) is 0 Å². The maximum atomic E-state index is 10.4. The van der Waals surface area contributed by atoms with E-state index in [2.05, 4.69) is 5.92 Å². The second kappa shape index (κ2) is 4.18. The van der Waals surface area contributed by atoms with E-state index >= 15 is 0 Å². The molecule has 0 fully saturated rings. The summed E-state index contributed by atoms with van der Waals surface area (Å²) in [6.07, 6.45) is 7.50. The summed E-state index contributed by atoms with van der Waals surface area (Å²) in [7, 11) is 0. The summed E-state index contributed by atoms with van der Waals surface area (Å²) in [6, 6.07) is 0. The number of allylic oxidation sites excluding steroid dienone is 2. The van der Waals surface area contributed by atoms with Gasteiger partial charge in [0.1, 0.15) is 0 Å². The number of hydrogen-bond donors (Lipinski definition) is 2. The molecule has 0 aliphatic rings. The van der Waals surface area contributed by atoms with E-state index in [9.17, 15) is 4.79 Å². The third-order valence-electron chi connectivity index (χ3n) is 1.07. The molecule has 0 amide bonds. The van der Waals surface area contributed by atoms with Crippen LogP contribution in [0.1, 0.15) is 6.92 Å². The number of nitrogens with two attached hydrogens (primary N) is 1. The second-order valence-corrected chi connectivity index (χ2v) is 1.77. The number of carboxylic acids is 1. The molecule has 0 saturated carbocycles. The Labute approximate surface area is 65.2 Å². The zero-order chi connectivity index (χ0) is 8.85. The van der Waals surface area contributed by atoms with Gasteiger partial charge in [0.25, 0.3) is 0 Å². The molecular formula is C8H9NO2. The van der Waals surface area contributed by atoms with Crippen molar-refractivity contribution in [2.24, 2.45) is 5.73 Å². The first kappa shape index (κ1) is 9.31. The van der Waals surface area contributed by atoms with E-state index in [-0.39, 0.29) is 11.3 Å². The first-order valence-electron chi connectivity index (χ1n) is 2.95. The summed E-state index contributed by atoms with van der Waals surface area (Å²) >= 11 is 0. The van der Waals surface area contributed by atoms with Crippen molar-refractivity contribution in [1.82, 2.24) is 0 Å². The molecule has 0 aromatic carbocycles. The first-order chi connectivity index (χ1) is 5.13. The summed E-state index contributed by atoms with van der Waals surface area (Å²) in [4.78, 5) is 10.4. The average molecular weight is 151 g/mol. The highest BCUT2D eigenvalue weighted by Crippen LogP contribution is 2.02. The van der Waals surface area contributed by atoms with Gasteiger partial charge in [-0.15, -0.1) is 6.42 Å². The highest BCUT2D eigenvalue weighted by atomic mass is 16.4. The molecule has 0 atom stereocenters. The van der Waals surface area contributed by atoms with Crippen LogP contribution in [0.15, 0.2) is 23.4 Å². The van der Waals surface area contributed by atoms with E-state index in [4.69, 9.17) is 17.3 Å². The summed E-state index contributed by atoms with van der Waals surface area (Å²) < 4.78 is 0. The van der Waals surface area contributed by atoms with Crippen LogP contribution in [0.3, 0.4) is 0 Å². The van der Waals surface area contributed by atoms with E-state index in [1.54, 1.807) is 6.92 Å². The summed E-state index contributed by atoms with van der Waals surface area (Å²) in [5, 5.41) is 8.51. The summed E-state index contributed by atoms with van der Waals surface area (Å²) in [6.45, 7) is 1.58. The topological polar surface area (TPSA) is 63.3 Å². The van der Waals surface area contributed by atoms with Gasteiger partial charge in [-0.3, -0.25) is 0 Å². The lowest BCUT2D eigenvalue weighted by molar-refractivity contribution is -0.132. The smallest absolute Gasteiger partial charge is 0.337 e. The Morgan fingerprint density at radius 3 is 2.55 bits per heavy atom. The molecule has 0 unspecified atom stereocenters. The molecule has 0 saturated heterocycles. The third-order valence-corrected chi connectivity index (χ3v) is 1.07. The van der Waals surface area contributed by atoms with Gasteiger partial charge in [-0.2, -0.15) is 0 Å². The van der Waals surface area contributed by atoms with Crippen molar-refractivity contribution >= 4 is 5.97 Å². The SMILES string of the molecule is C#C/C=C(N)\C(=C/C)C(=O)O. The summed E-state index contributed by atoms with van der Waals surface area (Å²) in [5.74, 6) is 1.07. The lowest BCUT2D eigenvalue weighted by atomic mass is 10.2. The second-order valence-electron chi connectivity index (χ2n) is 1.77. The molecule has 0 aromatic heterocycles. The lowest BCUT2D eigenvalue weighted by Gasteiger charge is -1.98. The fourth-order valence-electron chi connectivity index (χ4n) is 0.581. The van der Waals surface area contributed by atoms with E-state index in [0.29, 0.717) is 0 Å². The monoisotopic (exact) mass is 151 g/mol. The van der Waals surface area contributed by atoms with Crippen molar-refractivity contribution in [3.05, 3.63) is 23.4 Å². The molecule has 0 aliphatic heterocycles. The van der Waals surface area contributed by atoms with Crippen LogP contribution < -0.4 is 5.73 Å². The molecule has 0 radical (unpaired) electrons. The van der Waals surface area contributed by atoms with Gasteiger partial charge in [0.15, 0.2) is 0 Å². The van der Waals surface area contributed by atoms with Crippen molar-refractivity contribution in [2.75, 3.05) is 0 Å². The van der Waals surface area contributed by atoms with Gasteiger partial charge in [-0.05, 0) is 6.92 Å². The van der Waals surface area contributed by atoms with Gasteiger partial charge in [0, 0.05) is 6.08 Å². The molecule has 58 valence electrons. The molecule has 0 bridgehead atoms. The molecule has 11 heavy (non-hydrogen) atoms. The number of aliphatic carboxylic acids is 1. The number of carbonyl (C=O) groups is 1. The van der Waals surface area contributed by atoms with E-state index < -0.39 is 5.97 Å². The average Bonchev–Trinajstić information content (AvgIpc) is 1.88. The predicted octanol–water partition coefficient (Wildman–Crippen LogP) is 0.493. The fourth-order valence-corrected chi connectivity index (χ4v) is 0.581. The zero-order valence-corrected chi connectivity index (χ0v) is 6.16. The minimum absolute atomic E-state index is 0.0305. The lowest BCUT2D eigenvalue weighted by Crippen LogP contribution is -2.09. The van der Waals surface area contributed by atoms with Crippen LogP contribution >= 0.6 is 0 Å². The van der Waals surface area contributed by atoms with Gasteiger partial charge < -0.3 is 10.8 Å². The first-order valence-corrected chi connectivity index (χ1v) is 2.95. The van der Waals surface area contributed by atoms with Crippen LogP contribution in [0.5, 0.6) is 0 Å². The molecule has 0 aromatic rings. The van der Waals surface area contributed by atoms with Gasteiger partial charge >= 0.3 is 5.97 Å². The predicted molar refractivity (Wildman–Crippen MR) is 42.5 cm³/mol. The Balaban J connectivity index is 4.72. The molecule has 0 rings (SSSR count). The Kier molecular flexibility index (Phi) is 3.54. The van der Waals surface area contributed by atoms with Gasteiger partial charge in [-0.25, -0.2) is 4.79 Å². The highest BCUT2D eigenvalue weighted by Gasteiger charge is 2.07. The number of hydrogen-bond acceptors (Lipinski definition) is 2. The Bertz CT molecular complexity index is 256. The maximum absolute atomic E-state index is 10.4. The van der Waals surface area contributed by atoms with Crippen molar-refractivity contribution in [2.45, 2.75) is 6.92 Å². The molecule has 0 spiro atoms. The van der Waals surface area contributed by atoms with Crippen molar-refractivity contribution < 1.29 is 9.90 Å². The van der Waals surface area contributed by atoms with Crippen LogP contribution in [-0.2, 0) is 4.79 Å². The number of rotatable bonds is 2. The van der Waals surface area contributed by atoms with Gasteiger partial charge in [0.05, 0.1) is 11.3 Å². The van der Waals surface area contributed by atoms with E-state index in [1.165, 1.54) is 12.2 Å². The highest BCUT2D eigenvalue weighted by molar-refractivity contribution is 5.91. The Morgan fingerprint density at radius 2 is 2.27 bits per heavy atom. The van der Waals surface area contributed by atoms with Crippen LogP contribution in [0.2, 0.25) is 0 Å². The molecule has 3 nitrogen and oxygen atoms in total. The van der Waals surface area contributed by atoms with Gasteiger partial charge in [0.2, 0.25) is 0 Å². The van der Waals surface area contributed by atoms with Crippen LogP contribution in [0, 0.1) is 12.3 Å². The van der Waals surface area contributed by atoms with Crippen molar-refractivity contribution in [3.8, 4) is 12.3 Å². The molecule has 3 heteroatoms. The molecular weight excluding hydrogens is 142 g/mol. The molecule has 3 N–H and O–H groups in total. The van der Waals surface area contributed by atoms with Crippen LogP contribution in [0.4, 0.5) is 0 Å². The minimum Gasteiger partial charge on any atom is -0.478 e. The number of terminal acetylenes is 1. The fraction of sp³-hybridized carbons (Fsp3) is 0.125. The normalized spacial score (nSPS) is 12.4. The quantitative estimate of drug-likeness (QED) is 0.343. The maximum Gasteiger partial charge on any atom is 0.337 e. The minimum atomic E-state index is -1.07. The standard InChI is InChI=1S/C8H9NO2/c1-3-5-7(9)6(4-2)8(10)11/h1,4-5H,9H2,2H3,(H,10,11)/b6-4+,7-5+. The third kappa shape index (κ3) is 2.59. The molecule has 0 aliphatic carbocycles. The van der Waals surface area contributed by atoms with E-state index in [0.717, 1.165) is 0 Å². The zero-order valence-electron chi connectivity index (χ0n) is 6.16. The molecule has 0 heterocycles. The van der Waals surface area contributed by atoms with Gasteiger partial charge in [-0.1, -0.05) is 12.0 Å². The largest absolute Gasteiger partial charge is 0.478 e. The number of carboxylic acid groups (broad SMARTS) is 1.